The van der Waals surface area contributed by atoms with Crippen LogP contribution in [0.25, 0.3) is 11.3 Å². The highest BCUT2D eigenvalue weighted by atomic mass is 79.9. The molecule has 0 radical (unpaired) electrons. The van der Waals surface area contributed by atoms with Crippen molar-refractivity contribution in [2.24, 2.45) is 5.92 Å². The zero-order valence-corrected chi connectivity index (χ0v) is 19.3. The summed E-state index contributed by atoms with van der Waals surface area (Å²) in [5.41, 5.74) is 2.62. The van der Waals surface area contributed by atoms with E-state index in [2.05, 4.69) is 39.6 Å². The van der Waals surface area contributed by atoms with Crippen molar-refractivity contribution in [1.29, 1.82) is 5.26 Å². The second kappa shape index (κ2) is 8.72. The van der Waals surface area contributed by atoms with E-state index >= 15 is 0 Å². The molecule has 0 spiro atoms. The Bertz CT molecular complexity index is 1160. The number of carbonyl (C=O) groups excluding carboxylic acids is 1. The molecule has 0 bridgehead atoms. The van der Waals surface area contributed by atoms with E-state index in [1.807, 2.05) is 24.3 Å². The lowest BCUT2D eigenvalue weighted by Crippen LogP contribution is -2.33. The van der Waals surface area contributed by atoms with Gasteiger partial charge in [0.2, 0.25) is 0 Å². The molecule has 0 saturated heterocycles. The molecular formula is C22H18BrN3O2S2. The number of thiocarbonyl (C=S) groups is 1. The fourth-order valence-electron chi connectivity index (χ4n) is 3.49. The number of benzene rings is 1. The molecule has 0 unspecified atom stereocenters. The number of furan rings is 1. The van der Waals surface area contributed by atoms with E-state index in [4.69, 9.17) is 16.6 Å². The molecule has 8 heteroatoms. The van der Waals surface area contributed by atoms with Crippen LogP contribution in [0.2, 0.25) is 0 Å². The van der Waals surface area contributed by atoms with Crippen molar-refractivity contribution in [2.45, 2.75) is 26.2 Å². The van der Waals surface area contributed by atoms with Gasteiger partial charge in [0.15, 0.2) is 10.9 Å². The van der Waals surface area contributed by atoms with Gasteiger partial charge in [-0.05, 0) is 67.2 Å². The molecular weight excluding hydrogens is 482 g/mol. The molecule has 0 aliphatic heterocycles. The third-order valence-electron chi connectivity index (χ3n) is 5.04. The number of thiophene rings is 1. The van der Waals surface area contributed by atoms with Gasteiger partial charge in [-0.25, -0.2) is 0 Å². The van der Waals surface area contributed by atoms with E-state index in [0.29, 0.717) is 22.2 Å². The number of rotatable bonds is 3. The van der Waals surface area contributed by atoms with Gasteiger partial charge in [-0.3, -0.25) is 10.1 Å². The summed E-state index contributed by atoms with van der Waals surface area (Å²) in [5.74, 6) is 0.931. The Balaban J connectivity index is 1.44. The van der Waals surface area contributed by atoms with Gasteiger partial charge in [-0.2, -0.15) is 5.26 Å². The highest BCUT2D eigenvalue weighted by Gasteiger charge is 2.24. The molecule has 4 rings (SSSR count). The summed E-state index contributed by atoms with van der Waals surface area (Å²) < 4.78 is 6.65. The van der Waals surface area contributed by atoms with Crippen molar-refractivity contribution in [1.82, 2.24) is 5.32 Å². The Morgan fingerprint density at radius 2 is 2.07 bits per heavy atom. The molecule has 2 aromatic heterocycles. The van der Waals surface area contributed by atoms with Crippen LogP contribution in [0.5, 0.6) is 0 Å². The molecule has 0 fully saturated rings. The zero-order chi connectivity index (χ0) is 21.3. The Labute approximate surface area is 192 Å². The minimum atomic E-state index is -0.440. The maximum atomic E-state index is 12.5. The van der Waals surface area contributed by atoms with Gasteiger partial charge in [0.25, 0.3) is 5.91 Å². The Hall–Kier alpha value is -2.47. The number of nitrogens with zero attached hydrogens (tertiary/aromatic N) is 1. The van der Waals surface area contributed by atoms with Crippen LogP contribution in [-0.2, 0) is 12.8 Å². The first-order valence-electron chi connectivity index (χ1n) is 9.47. The van der Waals surface area contributed by atoms with E-state index in [-0.39, 0.29) is 10.9 Å². The van der Waals surface area contributed by atoms with Crippen LogP contribution in [0.3, 0.4) is 0 Å². The quantitative estimate of drug-likeness (QED) is 0.439. The number of halogens is 1. The summed E-state index contributed by atoms with van der Waals surface area (Å²) >= 11 is 10.2. The Morgan fingerprint density at radius 1 is 1.30 bits per heavy atom. The predicted octanol–water partition coefficient (Wildman–Crippen LogP) is 5.89. The highest BCUT2D eigenvalue weighted by Crippen LogP contribution is 2.39. The Morgan fingerprint density at radius 3 is 2.80 bits per heavy atom. The smallest absolute Gasteiger partial charge is 0.293 e. The largest absolute Gasteiger partial charge is 0.451 e. The topological polar surface area (TPSA) is 78.1 Å². The van der Waals surface area contributed by atoms with Crippen LogP contribution in [0.1, 0.15) is 39.9 Å². The van der Waals surface area contributed by atoms with Gasteiger partial charge in [0, 0.05) is 14.9 Å². The summed E-state index contributed by atoms with van der Waals surface area (Å²) in [4.78, 5) is 13.8. The van der Waals surface area contributed by atoms with E-state index in [9.17, 15) is 10.1 Å². The highest BCUT2D eigenvalue weighted by molar-refractivity contribution is 9.10. The third kappa shape index (κ3) is 4.33. The van der Waals surface area contributed by atoms with E-state index in [1.54, 1.807) is 23.5 Å². The molecule has 30 heavy (non-hydrogen) atoms. The second-order valence-electron chi connectivity index (χ2n) is 7.25. The maximum Gasteiger partial charge on any atom is 0.293 e. The zero-order valence-electron chi connectivity index (χ0n) is 16.1. The van der Waals surface area contributed by atoms with Crippen molar-refractivity contribution < 1.29 is 9.21 Å². The monoisotopic (exact) mass is 499 g/mol. The molecule has 1 aliphatic carbocycles. The van der Waals surface area contributed by atoms with Gasteiger partial charge < -0.3 is 9.73 Å². The lowest BCUT2D eigenvalue weighted by molar-refractivity contribution is 0.0951. The predicted molar refractivity (Wildman–Crippen MR) is 126 cm³/mol. The summed E-state index contributed by atoms with van der Waals surface area (Å²) in [5, 5.41) is 16.1. The average molecular weight is 500 g/mol. The molecule has 2 N–H and O–H groups in total. The van der Waals surface area contributed by atoms with Crippen molar-refractivity contribution in [2.75, 3.05) is 5.32 Å². The lowest BCUT2D eigenvalue weighted by Gasteiger charge is -2.17. The van der Waals surface area contributed by atoms with Gasteiger partial charge >= 0.3 is 0 Å². The number of nitrogens with one attached hydrogen (secondary N) is 2. The number of carbonyl (C=O) groups is 1. The maximum absolute atomic E-state index is 12.5. The van der Waals surface area contributed by atoms with Crippen LogP contribution in [0.15, 0.2) is 45.3 Å². The van der Waals surface area contributed by atoms with Crippen LogP contribution >= 0.6 is 39.5 Å². The number of hydrogen-bond donors (Lipinski definition) is 2. The number of anilines is 1. The molecule has 3 aromatic rings. The first kappa shape index (κ1) is 20.8. The van der Waals surface area contributed by atoms with Gasteiger partial charge in [0.05, 0.1) is 5.56 Å². The van der Waals surface area contributed by atoms with Crippen molar-refractivity contribution >= 4 is 55.5 Å². The summed E-state index contributed by atoms with van der Waals surface area (Å²) in [6.07, 6.45) is 2.96. The number of hydrogen-bond acceptors (Lipinski definition) is 5. The van der Waals surface area contributed by atoms with Crippen LogP contribution < -0.4 is 10.6 Å². The fourth-order valence-corrected chi connectivity index (χ4v) is 5.37. The second-order valence-corrected chi connectivity index (χ2v) is 9.68. The summed E-state index contributed by atoms with van der Waals surface area (Å²) in [6.45, 7) is 2.22. The first-order chi connectivity index (χ1) is 14.4. The molecule has 152 valence electrons. The number of amides is 1. The lowest BCUT2D eigenvalue weighted by atomic mass is 9.89. The van der Waals surface area contributed by atoms with E-state index in [1.165, 1.54) is 4.88 Å². The summed E-state index contributed by atoms with van der Waals surface area (Å²) in [7, 11) is 0. The van der Waals surface area contributed by atoms with Crippen LogP contribution in [0, 0.1) is 17.2 Å². The summed E-state index contributed by atoms with van der Waals surface area (Å²) in [6, 6.07) is 13.3. The van der Waals surface area contributed by atoms with E-state index in [0.717, 1.165) is 34.9 Å². The van der Waals surface area contributed by atoms with Crippen molar-refractivity contribution in [3.8, 4) is 17.4 Å². The fraction of sp³-hybridized carbons (Fsp3) is 0.227. The average Bonchev–Trinajstić information content (AvgIpc) is 3.32. The van der Waals surface area contributed by atoms with Gasteiger partial charge in [0.1, 0.15) is 16.8 Å². The molecule has 1 atom stereocenters. The molecule has 0 saturated carbocycles. The molecule has 5 nitrogen and oxygen atoms in total. The minimum absolute atomic E-state index is 0.143. The Kier molecular flexibility index (Phi) is 6.04. The third-order valence-corrected chi connectivity index (χ3v) is 6.94. The number of fused-ring (bicyclic) bond motifs is 1. The molecule has 1 aromatic carbocycles. The minimum Gasteiger partial charge on any atom is -0.451 e. The van der Waals surface area contributed by atoms with E-state index < -0.39 is 5.91 Å². The number of nitriles is 1. The van der Waals surface area contributed by atoms with Crippen LogP contribution in [-0.4, -0.2) is 11.0 Å². The molecule has 1 aliphatic rings. The molecule has 2 heterocycles. The SMILES string of the molecule is C[C@@H]1CCc2c(sc(NC(=S)NC(=O)c3ccc(-c4ccc(Br)cc4)o3)c2C#N)C1. The van der Waals surface area contributed by atoms with Crippen LogP contribution in [0.4, 0.5) is 5.00 Å². The van der Waals surface area contributed by atoms with Crippen molar-refractivity contribution in [3.63, 3.8) is 0 Å². The molecule has 1 amide bonds. The van der Waals surface area contributed by atoms with Gasteiger partial charge in [-0.15, -0.1) is 11.3 Å². The standard InChI is InChI=1S/C22H18BrN3O2S2/c1-12-2-7-15-16(11-24)21(30-19(15)10-12)26-22(29)25-20(27)18-9-8-17(28-18)13-3-5-14(23)6-4-13/h3-6,8-9,12H,2,7,10H2,1H3,(H2,25,26,27,29)/t12-/m1/s1. The van der Waals surface area contributed by atoms with Gasteiger partial charge in [-0.1, -0.05) is 35.0 Å². The van der Waals surface area contributed by atoms with Crippen molar-refractivity contribution in [3.05, 3.63) is 62.6 Å². The first-order valence-corrected chi connectivity index (χ1v) is 11.5. The normalized spacial score (nSPS) is 15.2.